The minimum Gasteiger partial charge on any atom is -0.373 e. The zero-order chi connectivity index (χ0) is 16.7. The third kappa shape index (κ3) is 9.15. The first kappa shape index (κ1) is 21.9. The summed E-state index contributed by atoms with van der Waals surface area (Å²) in [5, 5.41) is 0. The molecule has 0 aliphatic rings. The molecule has 1 atom stereocenters. The molecule has 0 rings (SSSR count). The number of hydrogen-bond acceptors (Lipinski definition) is 2. The molecule has 0 aromatic carbocycles. The van der Waals surface area contributed by atoms with Gasteiger partial charge in [0.25, 0.3) is 0 Å². The van der Waals surface area contributed by atoms with Crippen molar-refractivity contribution in [3.63, 3.8) is 0 Å². The number of nitrogens with two attached hydrogens (primary N) is 1. The maximum absolute atomic E-state index is 6.28. The van der Waals surface area contributed by atoms with Crippen LogP contribution in [0.2, 0.25) is 0 Å². The molecule has 0 saturated carbocycles. The molecule has 0 aliphatic heterocycles. The second-order valence-corrected chi connectivity index (χ2v) is 6.82. The zero-order valence-corrected chi connectivity index (χ0v) is 16.0. The fraction of sp³-hybridized carbons (Fsp3) is 1.00. The molecule has 0 aromatic heterocycles. The van der Waals surface area contributed by atoms with Gasteiger partial charge in [0.1, 0.15) is 0 Å². The van der Waals surface area contributed by atoms with Crippen LogP contribution in [0.5, 0.6) is 0 Å². The first-order valence-corrected chi connectivity index (χ1v) is 10.1. The van der Waals surface area contributed by atoms with Gasteiger partial charge in [-0.3, -0.25) is 0 Å². The van der Waals surface area contributed by atoms with Crippen molar-refractivity contribution in [3.8, 4) is 0 Å². The van der Waals surface area contributed by atoms with Crippen molar-refractivity contribution in [1.82, 2.24) is 0 Å². The molecule has 0 aromatic rings. The summed E-state index contributed by atoms with van der Waals surface area (Å²) in [6.45, 7) is 9.73. The van der Waals surface area contributed by atoms with Crippen LogP contribution in [0.1, 0.15) is 111 Å². The summed E-state index contributed by atoms with van der Waals surface area (Å²) < 4.78 is 6.23. The highest BCUT2D eigenvalue weighted by Crippen LogP contribution is 2.26. The van der Waals surface area contributed by atoms with Crippen molar-refractivity contribution in [1.29, 1.82) is 0 Å². The molecule has 2 N–H and O–H groups in total. The van der Waals surface area contributed by atoms with E-state index >= 15 is 0 Å². The maximum Gasteiger partial charge on any atom is 0.0827 e. The highest BCUT2D eigenvalue weighted by Gasteiger charge is 2.32. The van der Waals surface area contributed by atoms with Crippen molar-refractivity contribution in [2.75, 3.05) is 6.61 Å². The SMILES string of the molecule is CCCCCCCCCCCCOC(CC)(CC)C(N)CC. The van der Waals surface area contributed by atoms with Gasteiger partial charge in [-0.25, -0.2) is 0 Å². The zero-order valence-electron chi connectivity index (χ0n) is 16.0. The second-order valence-electron chi connectivity index (χ2n) is 6.82. The van der Waals surface area contributed by atoms with Gasteiger partial charge < -0.3 is 10.5 Å². The molecule has 2 nitrogen and oxygen atoms in total. The fourth-order valence-electron chi connectivity index (χ4n) is 3.32. The monoisotopic (exact) mass is 313 g/mol. The summed E-state index contributed by atoms with van der Waals surface area (Å²) in [4.78, 5) is 0. The lowest BCUT2D eigenvalue weighted by molar-refractivity contribution is -0.0711. The Morgan fingerprint density at radius 2 is 1.18 bits per heavy atom. The highest BCUT2D eigenvalue weighted by atomic mass is 16.5. The first-order valence-electron chi connectivity index (χ1n) is 10.1. The smallest absolute Gasteiger partial charge is 0.0827 e. The Kier molecular flexibility index (Phi) is 14.5. The van der Waals surface area contributed by atoms with E-state index in [9.17, 15) is 0 Å². The third-order valence-electron chi connectivity index (χ3n) is 5.20. The van der Waals surface area contributed by atoms with Gasteiger partial charge in [-0.05, 0) is 25.7 Å². The summed E-state index contributed by atoms with van der Waals surface area (Å²) in [6, 6.07) is 0.172. The van der Waals surface area contributed by atoms with Crippen LogP contribution in [0.15, 0.2) is 0 Å². The quantitative estimate of drug-likeness (QED) is 0.343. The van der Waals surface area contributed by atoms with Crippen molar-refractivity contribution in [3.05, 3.63) is 0 Å². The van der Waals surface area contributed by atoms with Gasteiger partial charge >= 0.3 is 0 Å². The van der Waals surface area contributed by atoms with Crippen molar-refractivity contribution < 1.29 is 4.74 Å². The maximum atomic E-state index is 6.28. The standard InChI is InChI=1S/C20H43NO/c1-5-9-10-11-12-13-14-15-16-17-18-22-20(7-3,8-4)19(21)6-2/h19H,5-18,21H2,1-4H3. The number of unbranched alkanes of at least 4 members (excludes halogenated alkanes) is 9. The molecule has 0 heterocycles. The number of rotatable bonds is 16. The van der Waals surface area contributed by atoms with E-state index in [4.69, 9.17) is 10.5 Å². The Balaban J connectivity index is 3.58. The summed E-state index contributed by atoms with van der Waals surface area (Å²) >= 11 is 0. The average molecular weight is 314 g/mol. The van der Waals surface area contributed by atoms with E-state index in [2.05, 4.69) is 27.7 Å². The summed E-state index contributed by atoms with van der Waals surface area (Å²) in [5.74, 6) is 0. The van der Waals surface area contributed by atoms with Crippen LogP contribution in [0, 0.1) is 0 Å². The van der Waals surface area contributed by atoms with E-state index in [0.717, 1.165) is 25.9 Å². The lowest BCUT2D eigenvalue weighted by atomic mass is 9.87. The topological polar surface area (TPSA) is 35.2 Å². The van der Waals surface area contributed by atoms with Crippen molar-refractivity contribution >= 4 is 0 Å². The molecule has 0 aliphatic carbocycles. The van der Waals surface area contributed by atoms with Gasteiger partial charge in [-0.1, -0.05) is 85.5 Å². The van der Waals surface area contributed by atoms with Crippen LogP contribution in [0.3, 0.4) is 0 Å². The fourth-order valence-corrected chi connectivity index (χ4v) is 3.32. The van der Waals surface area contributed by atoms with E-state index in [1.54, 1.807) is 0 Å². The second kappa shape index (κ2) is 14.5. The molecule has 22 heavy (non-hydrogen) atoms. The molecule has 0 bridgehead atoms. The van der Waals surface area contributed by atoms with Crippen LogP contribution < -0.4 is 5.73 Å². The lowest BCUT2D eigenvalue weighted by Crippen LogP contribution is -2.49. The number of ether oxygens (including phenoxy) is 1. The van der Waals surface area contributed by atoms with Crippen LogP contribution >= 0.6 is 0 Å². The molecule has 0 radical (unpaired) electrons. The lowest BCUT2D eigenvalue weighted by Gasteiger charge is -2.37. The van der Waals surface area contributed by atoms with Gasteiger partial charge in [0.15, 0.2) is 0 Å². The van der Waals surface area contributed by atoms with Crippen LogP contribution in [0.25, 0.3) is 0 Å². The largest absolute Gasteiger partial charge is 0.373 e. The molecule has 2 heteroatoms. The Labute approximate surface area is 140 Å². The van der Waals surface area contributed by atoms with E-state index in [1.165, 1.54) is 64.2 Å². The normalized spacial score (nSPS) is 13.5. The summed E-state index contributed by atoms with van der Waals surface area (Å²) in [6.07, 6.45) is 16.8. The molecule has 134 valence electrons. The Hall–Kier alpha value is -0.0800. The van der Waals surface area contributed by atoms with Crippen LogP contribution in [-0.4, -0.2) is 18.2 Å². The van der Waals surface area contributed by atoms with Crippen LogP contribution in [0.4, 0.5) is 0 Å². The minimum absolute atomic E-state index is 0.0893. The van der Waals surface area contributed by atoms with Gasteiger partial charge in [-0.2, -0.15) is 0 Å². The summed E-state index contributed by atoms with van der Waals surface area (Å²) in [7, 11) is 0. The van der Waals surface area contributed by atoms with Crippen molar-refractivity contribution in [2.45, 2.75) is 123 Å². The Morgan fingerprint density at radius 1 is 0.727 bits per heavy atom. The Morgan fingerprint density at radius 3 is 1.59 bits per heavy atom. The minimum atomic E-state index is -0.0893. The average Bonchev–Trinajstić information content (AvgIpc) is 2.56. The van der Waals surface area contributed by atoms with Gasteiger partial charge in [0.05, 0.1) is 5.60 Å². The predicted octanol–water partition coefficient (Wildman–Crippen LogP) is 6.22. The van der Waals surface area contributed by atoms with E-state index in [0.29, 0.717) is 0 Å². The van der Waals surface area contributed by atoms with Crippen LogP contribution in [-0.2, 0) is 4.74 Å². The molecule has 0 spiro atoms. The molecular formula is C20H43NO. The van der Waals surface area contributed by atoms with Gasteiger partial charge in [0, 0.05) is 12.6 Å². The van der Waals surface area contributed by atoms with Crippen molar-refractivity contribution in [2.24, 2.45) is 5.73 Å². The number of hydrogen-bond donors (Lipinski definition) is 1. The first-order chi connectivity index (χ1) is 10.7. The molecule has 0 fully saturated rings. The molecule has 0 amide bonds. The van der Waals surface area contributed by atoms with E-state index in [1.807, 2.05) is 0 Å². The predicted molar refractivity (Wildman–Crippen MR) is 99.4 cm³/mol. The molecule has 0 saturated heterocycles. The Bertz CT molecular complexity index is 226. The van der Waals surface area contributed by atoms with E-state index in [-0.39, 0.29) is 11.6 Å². The molecule has 1 unspecified atom stereocenters. The van der Waals surface area contributed by atoms with Gasteiger partial charge in [-0.15, -0.1) is 0 Å². The third-order valence-corrected chi connectivity index (χ3v) is 5.20. The highest BCUT2D eigenvalue weighted by molar-refractivity contribution is 4.88. The van der Waals surface area contributed by atoms with E-state index < -0.39 is 0 Å². The summed E-state index contributed by atoms with van der Waals surface area (Å²) in [5.41, 5.74) is 6.19. The van der Waals surface area contributed by atoms with Gasteiger partial charge in [0.2, 0.25) is 0 Å². The molecular weight excluding hydrogens is 270 g/mol.